The lowest BCUT2D eigenvalue weighted by Gasteiger charge is -2.22. The fourth-order valence-corrected chi connectivity index (χ4v) is 3.34. The molecule has 0 saturated carbocycles. The Morgan fingerprint density at radius 1 is 1.08 bits per heavy atom. The number of hydrogen-bond donors (Lipinski definition) is 1. The molecule has 1 saturated heterocycles. The van der Waals surface area contributed by atoms with Gasteiger partial charge < -0.3 is 14.8 Å². The van der Waals surface area contributed by atoms with Gasteiger partial charge in [-0.05, 0) is 48.9 Å². The molecule has 1 heterocycles. The van der Waals surface area contributed by atoms with Crippen LogP contribution in [-0.4, -0.2) is 19.3 Å². The lowest BCUT2D eigenvalue weighted by atomic mass is 10.0. The van der Waals surface area contributed by atoms with E-state index in [0.29, 0.717) is 18.8 Å². The van der Waals surface area contributed by atoms with E-state index in [-0.39, 0.29) is 0 Å². The van der Waals surface area contributed by atoms with Crippen molar-refractivity contribution in [3.63, 3.8) is 0 Å². The van der Waals surface area contributed by atoms with Crippen molar-refractivity contribution in [2.45, 2.75) is 52.0 Å². The Balaban J connectivity index is 1.52. The maximum Gasteiger partial charge on any atom is 0.0720 e. The molecule has 25 heavy (non-hydrogen) atoms. The van der Waals surface area contributed by atoms with E-state index in [4.69, 9.17) is 9.47 Å². The maximum atomic E-state index is 6.03. The van der Waals surface area contributed by atoms with Crippen LogP contribution in [0, 0.1) is 6.92 Å². The van der Waals surface area contributed by atoms with E-state index in [9.17, 15) is 0 Å². The summed E-state index contributed by atoms with van der Waals surface area (Å²) in [7, 11) is 0. The Labute approximate surface area is 151 Å². The maximum absolute atomic E-state index is 6.03. The first kappa shape index (κ1) is 18.1. The van der Waals surface area contributed by atoms with Crippen molar-refractivity contribution in [1.29, 1.82) is 0 Å². The summed E-state index contributed by atoms with van der Waals surface area (Å²) >= 11 is 0. The summed E-state index contributed by atoms with van der Waals surface area (Å²) < 4.78 is 11.4. The molecule has 1 aliphatic rings. The topological polar surface area (TPSA) is 30.5 Å². The summed E-state index contributed by atoms with van der Waals surface area (Å²) in [6.45, 7) is 7.59. The molecule has 1 N–H and O–H groups in total. The zero-order valence-corrected chi connectivity index (χ0v) is 15.3. The smallest absolute Gasteiger partial charge is 0.0720 e. The fraction of sp³-hybridized carbons (Fsp3) is 0.455. The fourth-order valence-electron chi connectivity index (χ4n) is 3.34. The average Bonchev–Trinajstić information content (AvgIpc) is 2.66. The van der Waals surface area contributed by atoms with Gasteiger partial charge in [0.15, 0.2) is 0 Å². The zero-order valence-electron chi connectivity index (χ0n) is 15.3. The van der Waals surface area contributed by atoms with Gasteiger partial charge in [0, 0.05) is 25.8 Å². The number of ether oxygens (including phenoxy) is 2. The van der Waals surface area contributed by atoms with Gasteiger partial charge in [0.1, 0.15) is 0 Å². The number of benzene rings is 2. The van der Waals surface area contributed by atoms with Crippen molar-refractivity contribution >= 4 is 0 Å². The predicted molar refractivity (Wildman–Crippen MR) is 102 cm³/mol. The third-order valence-electron chi connectivity index (χ3n) is 4.91. The first-order chi connectivity index (χ1) is 12.2. The molecule has 0 bridgehead atoms. The minimum absolute atomic E-state index is 0.336. The third kappa shape index (κ3) is 5.40. The number of hydrogen-bond acceptors (Lipinski definition) is 3. The summed E-state index contributed by atoms with van der Waals surface area (Å²) in [5.41, 5.74) is 5.24. The van der Waals surface area contributed by atoms with Crippen LogP contribution in [0.15, 0.2) is 48.5 Å². The molecule has 3 rings (SSSR count). The highest BCUT2D eigenvalue weighted by Gasteiger charge is 2.14. The van der Waals surface area contributed by atoms with Crippen molar-refractivity contribution in [1.82, 2.24) is 5.32 Å². The molecule has 1 aliphatic heterocycles. The summed E-state index contributed by atoms with van der Waals surface area (Å²) in [5, 5.41) is 3.63. The van der Waals surface area contributed by atoms with Gasteiger partial charge in [0.25, 0.3) is 0 Å². The zero-order chi connectivity index (χ0) is 17.5. The van der Waals surface area contributed by atoms with Crippen molar-refractivity contribution in [3.8, 4) is 0 Å². The molecule has 0 aromatic heterocycles. The second-order valence-electron chi connectivity index (χ2n) is 6.90. The summed E-state index contributed by atoms with van der Waals surface area (Å²) in [5.74, 6) is 0. The highest BCUT2D eigenvalue weighted by molar-refractivity contribution is 5.29. The normalized spacial score (nSPS) is 16.7. The molecule has 0 spiro atoms. The molecule has 2 aromatic carbocycles. The van der Waals surface area contributed by atoms with Gasteiger partial charge >= 0.3 is 0 Å². The second-order valence-corrected chi connectivity index (χ2v) is 6.90. The summed E-state index contributed by atoms with van der Waals surface area (Å²) in [6, 6.07) is 17.6. The first-order valence-corrected chi connectivity index (χ1v) is 9.28. The van der Waals surface area contributed by atoms with Gasteiger partial charge in [-0.2, -0.15) is 0 Å². The third-order valence-corrected chi connectivity index (χ3v) is 4.91. The number of aryl methyl sites for hydroxylation is 1. The largest absolute Gasteiger partial charge is 0.381 e. The number of nitrogens with one attached hydrogen (secondary N) is 1. The van der Waals surface area contributed by atoms with Crippen molar-refractivity contribution in [2.24, 2.45) is 0 Å². The van der Waals surface area contributed by atoms with Crippen LogP contribution in [0.2, 0.25) is 0 Å². The lowest BCUT2D eigenvalue weighted by Crippen LogP contribution is -2.23. The Bertz CT molecular complexity index is 665. The van der Waals surface area contributed by atoms with Gasteiger partial charge in [-0.3, -0.25) is 0 Å². The van der Waals surface area contributed by atoms with Crippen LogP contribution in [0.3, 0.4) is 0 Å². The molecule has 0 amide bonds. The summed E-state index contributed by atoms with van der Waals surface area (Å²) in [6.07, 6.45) is 2.36. The standard InChI is InChI=1S/C22H29NO2/c1-17-6-3-4-9-22(17)18(2)23-15-19-7-5-8-20(14-19)16-25-21-10-12-24-13-11-21/h3-9,14,18,21,23H,10-13,15-16H2,1-2H3. The van der Waals surface area contributed by atoms with E-state index in [2.05, 4.69) is 67.7 Å². The number of rotatable bonds is 7. The quantitative estimate of drug-likeness (QED) is 0.803. The molecule has 1 unspecified atom stereocenters. The van der Waals surface area contributed by atoms with E-state index >= 15 is 0 Å². The Kier molecular flexibility index (Phi) is 6.62. The van der Waals surface area contributed by atoms with Gasteiger partial charge in [-0.25, -0.2) is 0 Å². The molecule has 134 valence electrons. The van der Waals surface area contributed by atoms with Crippen LogP contribution in [0.25, 0.3) is 0 Å². The molecular weight excluding hydrogens is 310 g/mol. The lowest BCUT2D eigenvalue weighted by molar-refractivity contribution is -0.0390. The molecular formula is C22H29NO2. The van der Waals surface area contributed by atoms with Crippen LogP contribution in [-0.2, 0) is 22.6 Å². The molecule has 1 atom stereocenters. The van der Waals surface area contributed by atoms with Crippen molar-refractivity contribution in [2.75, 3.05) is 13.2 Å². The monoisotopic (exact) mass is 339 g/mol. The molecule has 1 fully saturated rings. The SMILES string of the molecule is Cc1ccccc1C(C)NCc1cccc(COC2CCOCC2)c1. The van der Waals surface area contributed by atoms with E-state index in [0.717, 1.165) is 32.6 Å². The minimum Gasteiger partial charge on any atom is -0.381 e. The van der Waals surface area contributed by atoms with Crippen LogP contribution in [0.4, 0.5) is 0 Å². The van der Waals surface area contributed by atoms with Gasteiger partial charge in [0.2, 0.25) is 0 Å². The van der Waals surface area contributed by atoms with E-state index in [1.807, 2.05) is 0 Å². The molecule has 2 aromatic rings. The molecule has 0 radical (unpaired) electrons. The van der Waals surface area contributed by atoms with Gasteiger partial charge in [-0.15, -0.1) is 0 Å². The van der Waals surface area contributed by atoms with Gasteiger partial charge in [-0.1, -0.05) is 48.5 Å². The highest BCUT2D eigenvalue weighted by Crippen LogP contribution is 2.18. The van der Waals surface area contributed by atoms with Gasteiger partial charge in [0.05, 0.1) is 12.7 Å². The predicted octanol–water partition coefficient (Wildman–Crippen LogP) is 4.54. The summed E-state index contributed by atoms with van der Waals surface area (Å²) in [4.78, 5) is 0. The molecule has 3 heteroatoms. The second kappa shape index (κ2) is 9.14. The Hall–Kier alpha value is -1.68. The highest BCUT2D eigenvalue weighted by atomic mass is 16.5. The Morgan fingerprint density at radius 3 is 2.64 bits per heavy atom. The molecule has 0 aliphatic carbocycles. The van der Waals surface area contributed by atoms with E-state index in [1.54, 1.807) is 0 Å². The first-order valence-electron chi connectivity index (χ1n) is 9.28. The molecule has 3 nitrogen and oxygen atoms in total. The van der Waals surface area contributed by atoms with Crippen LogP contribution in [0.5, 0.6) is 0 Å². The van der Waals surface area contributed by atoms with Crippen LogP contribution < -0.4 is 5.32 Å². The van der Waals surface area contributed by atoms with Crippen LogP contribution >= 0.6 is 0 Å². The minimum atomic E-state index is 0.336. The Morgan fingerprint density at radius 2 is 1.84 bits per heavy atom. The average molecular weight is 339 g/mol. The van der Waals surface area contributed by atoms with Crippen molar-refractivity contribution < 1.29 is 9.47 Å². The van der Waals surface area contributed by atoms with Crippen molar-refractivity contribution in [3.05, 3.63) is 70.8 Å². The van der Waals surface area contributed by atoms with E-state index < -0.39 is 0 Å². The van der Waals surface area contributed by atoms with E-state index in [1.165, 1.54) is 22.3 Å². The van der Waals surface area contributed by atoms with Crippen LogP contribution in [0.1, 0.15) is 48.1 Å².